The molecule has 1 atom stereocenters. The van der Waals surface area contributed by atoms with Crippen LogP contribution >= 0.6 is 0 Å². The third-order valence-electron chi connectivity index (χ3n) is 3.54. The van der Waals surface area contributed by atoms with Gasteiger partial charge in [-0.3, -0.25) is 4.90 Å². The van der Waals surface area contributed by atoms with Crippen LogP contribution in [0, 0.1) is 5.41 Å². The maximum atomic E-state index is 5.83. The summed E-state index contributed by atoms with van der Waals surface area (Å²) in [5, 5.41) is 0. The van der Waals surface area contributed by atoms with Crippen molar-refractivity contribution in [3.05, 3.63) is 24.3 Å². The topological polar surface area (TPSA) is 38.5 Å². The van der Waals surface area contributed by atoms with Crippen molar-refractivity contribution in [3.8, 4) is 5.75 Å². The number of hydrogen-bond acceptors (Lipinski definition) is 3. The van der Waals surface area contributed by atoms with E-state index in [1.54, 1.807) is 0 Å². The van der Waals surface area contributed by atoms with E-state index < -0.39 is 0 Å². The van der Waals surface area contributed by atoms with Gasteiger partial charge in [-0.05, 0) is 31.5 Å². The molecule has 0 radical (unpaired) electrons. The van der Waals surface area contributed by atoms with Crippen LogP contribution in [0.15, 0.2) is 24.3 Å². The van der Waals surface area contributed by atoms with E-state index in [0.717, 1.165) is 12.3 Å². The predicted molar refractivity (Wildman–Crippen MR) is 77.9 cm³/mol. The molecule has 0 aliphatic rings. The second-order valence-electron chi connectivity index (χ2n) is 5.91. The summed E-state index contributed by atoms with van der Waals surface area (Å²) in [5.74, 6) is 0.773. The number of para-hydroxylation sites is 2. The van der Waals surface area contributed by atoms with Gasteiger partial charge in [-0.1, -0.05) is 32.9 Å². The van der Waals surface area contributed by atoms with Crippen LogP contribution in [0.25, 0.3) is 0 Å². The third-order valence-corrected chi connectivity index (χ3v) is 3.54. The fourth-order valence-corrected chi connectivity index (χ4v) is 1.77. The van der Waals surface area contributed by atoms with Gasteiger partial charge >= 0.3 is 0 Å². The monoisotopic (exact) mass is 250 g/mol. The van der Waals surface area contributed by atoms with Gasteiger partial charge in [-0.2, -0.15) is 0 Å². The van der Waals surface area contributed by atoms with Crippen molar-refractivity contribution in [3.63, 3.8) is 0 Å². The maximum absolute atomic E-state index is 5.83. The van der Waals surface area contributed by atoms with Crippen LogP contribution in [-0.4, -0.2) is 31.1 Å². The largest absolute Gasteiger partial charge is 0.490 e. The molecule has 0 aromatic heterocycles. The van der Waals surface area contributed by atoms with Gasteiger partial charge in [-0.15, -0.1) is 0 Å². The number of nitrogens with zero attached hydrogens (tertiary/aromatic N) is 1. The summed E-state index contributed by atoms with van der Waals surface area (Å²) < 4.78 is 5.70. The summed E-state index contributed by atoms with van der Waals surface area (Å²) in [6.07, 6.45) is 0. The molecule has 102 valence electrons. The molecule has 0 amide bonds. The molecule has 1 aromatic rings. The predicted octanol–water partition coefficient (Wildman–Crippen LogP) is 3.01. The number of ether oxygens (including phenoxy) is 1. The number of hydrogen-bond donors (Lipinski definition) is 1. The molecular weight excluding hydrogens is 224 g/mol. The summed E-state index contributed by atoms with van der Waals surface area (Å²) in [6, 6.07) is 8.12. The zero-order valence-electron chi connectivity index (χ0n) is 12.2. The van der Waals surface area contributed by atoms with E-state index in [9.17, 15) is 0 Å². The van der Waals surface area contributed by atoms with Crippen LogP contribution in [0.2, 0.25) is 0 Å². The van der Waals surface area contributed by atoms with Crippen LogP contribution in [-0.2, 0) is 0 Å². The Bertz CT molecular complexity index is 371. The Hall–Kier alpha value is -1.22. The average molecular weight is 250 g/mol. The number of likely N-dealkylation sites (N-methyl/N-ethyl adjacent to an activating group) is 1. The molecule has 0 bridgehead atoms. The quantitative estimate of drug-likeness (QED) is 0.816. The normalized spacial score (nSPS) is 13.7. The zero-order chi connectivity index (χ0) is 13.8. The molecular formula is C15H26N2O. The van der Waals surface area contributed by atoms with Crippen molar-refractivity contribution >= 4 is 5.69 Å². The molecule has 0 aliphatic carbocycles. The maximum Gasteiger partial charge on any atom is 0.142 e. The first-order valence-corrected chi connectivity index (χ1v) is 6.50. The molecule has 2 N–H and O–H groups in total. The Balaban J connectivity index is 2.41. The van der Waals surface area contributed by atoms with Gasteiger partial charge in [0.25, 0.3) is 0 Å². The Morgan fingerprint density at radius 3 is 2.44 bits per heavy atom. The minimum absolute atomic E-state index is 0.278. The van der Waals surface area contributed by atoms with E-state index in [-0.39, 0.29) is 5.41 Å². The highest BCUT2D eigenvalue weighted by Crippen LogP contribution is 2.23. The highest BCUT2D eigenvalue weighted by molar-refractivity contribution is 5.51. The van der Waals surface area contributed by atoms with Gasteiger partial charge < -0.3 is 10.5 Å². The van der Waals surface area contributed by atoms with Gasteiger partial charge in [0.1, 0.15) is 12.4 Å². The van der Waals surface area contributed by atoms with E-state index in [1.807, 2.05) is 24.3 Å². The second kappa shape index (κ2) is 6.10. The lowest BCUT2D eigenvalue weighted by atomic mass is 9.87. The molecule has 1 aromatic carbocycles. The summed E-state index contributed by atoms with van der Waals surface area (Å²) in [6.45, 7) is 10.6. The Morgan fingerprint density at radius 1 is 1.28 bits per heavy atom. The molecule has 1 unspecified atom stereocenters. The highest BCUT2D eigenvalue weighted by Gasteiger charge is 2.23. The Morgan fingerprint density at radius 2 is 1.89 bits per heavy atom. The lowest BCUT2D eigenvalue weighted by molar-refractivity contribution is 0.121. The van der Waals surface area contributed by atoms with E-state index in [1.165, 1.54) is 0 Å². The molecule has 1 rings (SSSR count). The van der Waals surface area contributed by atoms with Crippen molar-refractivity contribution in [1.82, 2.24) is 4.90 Å². The van der Waals surface area contributed by atoms with E-state index in [4.69, 9.17) is 10.5 Å². The second-order valence-corrected chi connectivity index (χ2v) is 5.91. The van der Waals surface area contributed by atoms with Crippen molar-refractivity contribution in [1.29, 1.82) is 0 Å². The first kappa shape index (κ1) is 14.8. The lowest BCUT2D eigenvalue weighted by Gasteiger charge is -2.35. The molecule has 0 fully saturated rings. The first-order chi connectivity index (χ1) is 8.32. The summed E-state index contributed by atoms with van der Waals surface area (Å²) in [5.41, 5.74) is 6.80. The number of benzene rings is 1. The summed E-state index contributed by atoms with van der Waals surface area (Å²) in [7, 11) is 2.13. The highest BCUT2D eigenvalue weighted by atomic mass is 16.5. The van der Waals surface area contributed by atoms with Gasteiger partial charge in [0, 0.05) is 12.6 Å². The molecule has 0 aliphatic heterocycles. The fourth-order valence-electron chi connectivity index (χ4n) is 1.77. The molecule has 3 heteroatoms. The number of rotatable bonds is 5. The zero-order valence-corrected chi connectivity index (χ0v) is 12.2. The minimum Gasteiger partial charge on any atom is -0.490 e. The van der Waals surface area contributed by atoms with Gasteiger partial charge in [-0.25, -0.2) is 0 Å². The van der Waals surface area contributed by atoms with Crippen molar-refractivity contribution < 1.29 is 4.74 Å². The number of nitrogen functional groups attached to an aromatic ring is 1. The first-order valence-electron chi connectivity index (χ1n) is 6.50. The van der Waals surface area contributed by atoms with E-state index >= 15 is 0 Å². The van der Waals surface area contributed by atoms with Gasteiger partial charge in [0.05, 0.1) is 5.69 Å². The summed E-state index contributed by atoms with van der Waals surface area (Å²) in [4.78, 5) is 2.32. The fraction of sp³-hybridized carbons (Fsp3) is 0.600. The molecule has 18 heavy (non-hydrogen) atoms. The van der Waals surface area contributed by atoms with Crippen LogP contribution in [0.4, 0.5) is 5.69 Å². The van der Waals surface area contributed by atoms with Gasteiger partial charge in [0.2, 0.25) is 0 Å². The van der Waals surface area contributed by atoms with Gasteiger partial charge in [0.15, 0.2) is 0 Å². The standard InChI is InChI=1S/C15H26N2O/c1-12(15(2,3)4)17(5)10-11-18-14-9-7-6-8-13(14)16/h6-9,12H,10-11,16H2,1-5H3. The molecule has 0 saturated heterocycles. The smallest absolute Gasteiger partial charge is 0.142 e. The molecule has 0 heterocycles. The van der Waals surface area contributed by atoms with Crippen molar-refractivity contribution in [2.24, 2.45) is 5.41 Å². The third kappa shape index (κ3) is 4.22. The SMILES string of the molecule is CC(N(C)CCOc1ccccc1N)C(C)(C)C. The number of nitrogens with two attached hydrogens (primary N) is 1. The van der Waals surface area contributed by atoms with Crippen LogP contribution < -0.4 is 10.5 Å². The van der Waals surface area contributed by atoms with Crippen molar-refractivity contribution in [2.45, 2.75) is 33.7 Å². The van der Waals surface area contributed by atoms with E-state index in [0.29, 0.717) is 18.3 Å². The minimum atomic E-state index is 0.278. The number of anilines is 1. The van der Waals surface area contributed by atoms with Crippen LogP contribution in [0.5, 0.6) is 5.75 Å². The lowest BCUT2D eigenvalue weighted by Crippen LogP contribution is -2.41. The Kier molecular flexibility index (Phi) is 5.03. The summed E-state index contributed by atoms with van der Waals surface area (Å²) >= 11 is 0. The van der Waals surface area contributed by atoms with Crippen molar-refractivity contribution in [2.75, 3.05) is 25.9 Å². The molecule has 0 spiro atoms. The van der Waals surface area contributed by atoms with Crippen LogP contribution in [0.1, 0.15) is 27.7 Å². The Labute approximate surface area is 111 Å². The van der Waals surface area contributed by atoms with E-state index in [2.05, 4.69) is 39.6 Å². The molecule has 3 nitrogen and oxygen atoms in total. The van der Waals surface area contributed by atoms with Crippen LogP contribution in [0.3, 0.4) is 0 Å². The molecule has 0 saturated carbocycles. The average Bonchev–Trinajstić information content (AvgIpc) is 2.29.